The van der Waals surface area contributed by atoms with E-state index in [1.807, 2.05) is 60.0 Å². The molecule has 3 aromatic rings. The Labute approximate surface area is 165 Å². The summed E-state index contributed by atoms with van der Waals surface area (Å²) >= 11 is 1.38. The number of cyclic esters (lactones) is 1. The van der Waals surface area contributed by atoms with E-state index in [4.69, 9.17) is 14.2 Å². The van der Waals surface area contributed by atoms with Crippen molar-refractivity contribution in [2.45, 2.75) is 29.9 Å². The molecule has 2 atom stereocenters. The molecule has 2 aliphatic rings. The first-order valence-corrected chi connectivity index (χ1v) is 9.85. The number of para-hydroxylation sites is 1. The van der Waals surface area contributed by atoms with Crippen LogP contribution >= 0.6 is 11.8 Å². The summed E-state index contributed by atoms with van der Waals surface area (Å²) in [6.45, 7) is 2.12. The van der Waals surface area contributed by atoms with Crippen molar-refractivity contribution < 1.29 is 19.0 Å². The van der Waals surface area contributed by atoms with Crippen LogP contribution in [0, 0.1) is 0 Å². The van der Waals surface area contributed by atoms with Crippen molar-refractivity contribution in [2.24, 2.45) is 0 Å². The summed E-state index contributed by atoms with van der Waals surface area (Å²) in [7, 11) is 0. The van der Waals surface area contributed by atoms with Gasteiger partial charge in [-0.3, -0.25) is 9.36 Å². The Morgan fingerprint density at radius 1 is 1.07 bits per heavy atom. The molecule has 0 bridgehead atoms. The Morgan fingerprint density at radius 3 is 2.68 bits per heavy atom. The van der Waals surface area contributed by atoms with Crippen LogP contribution in [0.3, 0.4) is 0 Å². The molecule has 0 unspecified atom stereocenters. The molecule has 28 heavy (non-hydrogen) atoms. The van der Waals surface area contributed by atoms with Gasteiger partial charge in [-0.2, -0.15) is 0 Å². The van der Waals surface area contributed by atoms with Crippen molar-refractivity contribution in [3.05, 3.63) is 48.5 Å². The van der Waals surface area contributed by atoms with Crippen LogP contribution in [0.25, 0.3) is 17.1 Å². The summed E-state index contributed by atoms with van der Waals surface area (Å²) < 4.78 is 18.1. The lowest BCUT2D eigenvalue weighted by Gasteiger charge is -2.11. The fourth-order valence-electron chi connectivity index (χ4n) is 3.32. The summed E-state index contributed by atoms with van der Waals surface area (Å²) in [4.78, 5) is 12.1. The van der Waals surface area contributed by atoms with Crippen molar-refractivity contribution in [3.63, 3.8) is 0 Å². The van der Waals surface area contributed by atoms with E-state index in [1.54, 1.807) is 0 Å². The average Bonchev–Trinajstić information content (AvgIpc) is 3.41. The number of hydrogen-bond acceptors (Lipinski definition) is 7. The van der Waals surface area contributed by atoms with Crippen molar-refractivity contribution in [1.29, 1.82) is 0 Å². The molecule has 0 radical (unpaired) electrons. The molecule has 2 aromatic carbocycles. The number of carbonyl (C=O) groups excluding carboxylic acids is 1. The number of hydrogen-bond donors (Lipinski definition) is 0. The zero-order valence-electron chi connectivity index (χ0n) is 15.1. The monoisotopic (exact) mass is 395 g/mol. The first-order chi connectivity index (χ1) is 13.7. The molecule has 0 amide bonds. The van der Waals surface area contributed by atoms with E-state index in [0.717, 1.165) is 11.3 Å². The first kappa shape index (κ1) is 17.1. The molecule has 0 spiro atoms. The van der Waals surface area contributed by atoms with Gasteiger partial charge in [-0.05, 0) is 37.3 Å². The van der Waals surface area contributed by atoms with Crippen LogP contribution in [0.4, 0.5) is 0 Å². The van der Waals surface area contributed by atoms with Gasteiger partial charge in [-0.1, -0.05) is 30.0 Å². The maximum absolute atomic E-state index is 12.1. The van der Waals surface area contributed by atoms with E-state index in [0.29, 0.717) is 28.9 Å². The summed E-state index contributed by atoms with van der Waals surface area (Å²) in [6, 6.07) is 15.5. The first-order valence-electron chi connectivity index (χ1n) is 8.97. The van der Waals surface area contributed by atoms with Gasteiger partial charge < -0.3 is 14.2 Å². The number of benzene rings is 2. The van der Waals surface area contributed by atoms with Crippen LogP contribution in [0.2, 0.25) is 0 Å². The SMILES string of the molecule is C[C@@H]1C[C@H](Sc2nnc(-c3ccc4c(c3)OCO4)n2-c2ccccc2)C(=O)O1. The maximum atomic E-state index is 12.1. The lowest BCUT2D eigenvalue weighted by Crippen LogP contribution is -2.11. The number of thioether (sulfide) groups is 1. The highest BCUT2D eigenvalue weighted by Gasteiger charge is 2.34. The number of nitrogens with zero attached hydrogens (tertiary/aromatic N) is 3. The van der Waals surface area contributed by atoms with Crippen molar-refractivity contribution >= 4 is 17.7 Å². The smallest absolute Gasteiger partial charge is 0.319 e. The minimum absolute atomic E-state index is 0.0774. The third-order valence-electron chi connectivity index (χ3n) is 4.65. The lowest BCUT2D eigenvalue weighted by molar-refractivity contribution is -0.140. The highest BCUT2D eigenvalue weighted by atomic mass is 32.2. The Balaban J connectivity index is 1.58. The Kier molecular flexibility index (Phi) is 4.20. The quantitative estimate of drug-likeness (QED) is 0.626. The van der Waals surface area contributed by atoms with Gasteiger partial charge in [0, 0.05) is 17.7 Å². The topological polar surface area (TPSA) is 75.5 Å². The summed E-state index contributed by atoms with van der Waals surface area (Å²) in [5.74, 6) is 1.87. The molecule has 3 heterocycles. The number of fused-ring (bicyclic) bond motifs is 1. The second kappa shape index (κ2) is 6.87. The molecule has 0 saturated carbocycles. The number of rotatable bonds is 4. The van der Waals surface area contributed by atoms with Crippen LogP contribution in [0.5, 0.6) is 11.5 Å². The van der Waals surface area contributed by atoms with Gasteiger partial charge in [0.2, 0.25) is 6.79 Å². The molecule has 5 rings (SSSR count). The summed E-state index contributed by atoms with van der Waals surface area (Å²) in [5, 5.41) is 9.16. The Morgan fingerprint density at radius 2 is 1.89 bits per heavy atom. The summed E-state index contributed by atoms with van der Waals surface area (Å²) in [5.41, 5.74) is 1.77. The van der Waals surface area contributed by atoms with Gasteiger partial charge in [0.05, 0.1) is 0 Å². The Bertz CT molecular complexity index is 1040. The number of carbonyl (C=O) groups is 1. The highest BCUT2D eigenvalue weighted by molar-refractivity contribution is 8.00. The van der Waals surface area contributed by atoms with Crippen LogP contribution < -0.4 is 9.47 Å². The molecule has 1 aromatic heterocycles. The third-order valence-corrected chi connectivity index (χ3v) is 5.80. The predicted octanol–water partition coefficient (Wildman–Crippen LogP) is 3.46. The van der Waals surface area contributed by atoms with Crippen molar-refractivity contribution in [3.8, 4) is 28.6 Å². The predicted molar refractivity (Wildman–Crippen MR) is 103 cm³/mol. The van der Waals surface area contributed by atoms with E-state index in [2.05, 4.69) is 10.2 Å². The number of ether oxygens (including phenoxy) is 3. The van der Waals surface area contributed by atoms with Crippen LogP contribution in [-0.4, -0.2) is 38.9 Å². The molecule has 0 N–H and O–H groups in total. The normalized spacial score (nSPS) is 20.4. The molecule has 1 fully saturated rings. The summed E-state index contributed by atoms with van der Waals surface area (Å²) in [6.07, 6.45) is 0.580. The minimum Gasteiger partial charge on any atom is -0.462 e. The number of esters is 1. The van der Waals surface area contributed by atoms with Gasteiger partial charge in [0.25, 0.3) is 0 Å². The molecule has 0 aliphatic carbocycles. The Hall–Kier alpha value is -3.00. The van der Waals surface area contributed by atoms with Gasteiger partial charge in [-0.15, -0.1) is 10.2 Å². The molecule has 7 nitrogen and oxygen atoms in total. The average molecular weight is 395 g/mol. The van der Waals surface area contributed by atoms with E-state index in [1.165, 1.54) is 11.8 Å². The largest absolute Gasteiger partial charge is 0.462 e. The number of aromatic nitrogens is 3. The molecule has 1 saturated heterocycles. The van der Waals surface area contributed by atoms with Gasteiger partial charge in [-0.25, -0.2) is 0 Å². The standard InChI is InChI=1S/C20H17N3O4S/c1-12-9-17(19(24)27-12)28-20-22-21-18(23(20)14-5-3-2-4-6-14)13-7-8-15-16(10-13)26-11-25-15/h2-8,10,12,17H,9,11H2,1H3/t12-,17+/m1/s1. The zero-order valence-corrected chi connectivity index (χ0v) is 15.9. The van der Waals surface area contributed by atoms with Gasteiger partial charge in [0.1, 0.15) is 11.4 Å². The van der Waals surface area contributed by atoms with E-state index < -0.39 is 0 Å². The lowest BCUT2D eigenvalue weighted by atomic mass is 10.2. The zero-order chi connectivity index (χ0) is 19.1. The van der Waals surface area contributed by atoms with Crippen LogP contribution in [0.1, 0.15) is 13.3 Å². The van der Waals surface area contributed by atoms with E-state index in [9.17, 15) is 4.79 Å². The fourth-order valence-corrected chi connectivity index (χ4v) is 4.48. The minimum atomic E-state index is -0.286. The van der Waals surface area contributed by atoms with Gasteiger partial charge >= 0.3 is 5.97 Å². The van der Waals surface area contributed by atoms with Crippen LogP contribution in [-0.2, 0) is 9.53 Å². The second-order valence-electron chi connectivity index (χ2n) is 6.63. The van der Waals surface area contributed by atoms with Crippen molar-refractivity contribution in [2.75, 3.05) is 6.79 Å². The van der Waals surface area contributed by atoms with Crippen LogP contribution in [0.15, 0.2) is 53.7 Å². The molecular weight excluding hydrogens is 378 g/mol. The van der Waals surface area contributed by atoms with E-state index in [-0.39, 0.29) is 24.1 Å². The highest BCUT2D eigenvalue weighted by Crippen LogP contribution is 2.38. The van der Waals surface area contributed by atoms with E-state index >= 15 is 0 Å². The van der Waals surface area contributed by atoms with Crippen molar-refractivity contribution in [1.82, 2.24) is 14.8 Å². The molecular formula is C20H17N3O4S. The molecule has 142 valence electrons. The third kappa shape index (κ3) is 2.99. The van der Waals surface area contributed by atoms with Gasteiger partial charge in [0.15, 0.2) is 22.5 Å². The molecule has 2 aliphatic heterocycles. The molecule has 8 heteroatoms. The maximum Gasteiger partial charge on any atom is 0.319 e. The second-order valence-corrected chi connectivity index (χ2v) is 7.80. The fraction of sp³-hybridized carbons (Fsp3) is 0.250.